The highest BCUT2D eigenvalue weighted by Gasteiger charge is 2.40. The highest BCUT2D eigenvalue weighted by atomic mass is 32.2. The van der Waals surface area contributed by atoms with Crippen molar-refractivity contribution in [2.24, 2.45) is 5.92 Å². The molecule has 0 unspecified atom stereocenters. The number of hydrogen-bond donors (Lipinski definition) is 1. The molecule has 0 amide bonds. The minimum Gasteiger partial charge on any atom is -0.481 e. The summed E-state index contributed by atoms with van der Waals surface area (Å²) in [7, 11) is -4.21. The van der Waals surface area contributed by atoms with Gasteiger partial charge in [-0.15, -0.1) is 0 Å². The SMILES string of the molecule is Cc1ccc(S(=O)(=O)N2CCC[C@@H](C(=O)O)[C@H]2C)cc1C(F)(F)F. The summed E-state index contributed by atoms with van der Waals surface area (Å²) in [5.74, 6) is -1.98. The molecule has 1 N–H and O–H groups in total. The summed E-state index contributed by atoms with van der Waals surface area (Å²) in [6.45, 7) is 2.81. The Labute approximate surface area is 138 Å². The van der Waals surface area contributed by atoms with Crippen molar-refractivity contribution in [2.45, 2.75) is 43.8 Å². The van der Waals surface area contributed by atoms with E-state index >= 15 is 0 Å². The van der Waals surface area contributed by atoms with Crippen molar-refractivity contribution in [1.82, 2.24) is 4.31 Å². The summed E-state index contributed by atoms with van der Waals surface area (Å²) in [5, 5.41) is 9.18. The zero-order chi connectivity index (χ0) is 18.3. The number of sulfonamides is 1. The van der Waals surface area contributed by atoms with Crippen molar-refractivity contribution in [3.8, 4) is 0 Å². The molecule has 0 aliphatic carbocycles. The number of alkyl halides is 3. The van der Waals surface area contributed by atoms with Crippen molar-refractivity contribution >= 4 is 16.0 Å². The predicted molar refractivity (Wildman–Crippen MR) is 79.9 cm³/mol. The van der Waals surface area contributed by atoms with Crippen molar-refractivity contribution in [2.75, 3.05) is 6.54 Å². The summed E-state index contributed by atoms with van der Waals surface area (Å²) >= 11 is 0. The Kier molecular flexibility index (Phi) is 4.96. The number of halogens is 3. The van der Waals surface area contributed by atoms with E-state index in [0.717, 1.165) is 16.4 Å². The molecule has 1 heterocycles. The Morgan fingerprint density at radius 1 is 1.33 bits per heavy atom. The van der Waals surface area contributed by atoms with Gasteiger partial charge in [-0.2, -0.15) is 17.5 Å². The van der Waals surface area contributed by atoms with Crippen LogP contribution in [-0.2, 0) is 21.0 Å². The first-order valence-electron chi connectivity index (χ1n) is 7.38. The molecule has 0 aromatic heterocycles. The van der Waals surface area contributed by atoms with Crippen LogP contribution < -0.4 is 0 Å². The van der Waals surface area contributed by atoms with Crippen LogP contribution in [0.25, 0.3) is 0 Å². The van der Waals surface area contributed by atoms with Gasteiger partial charge >= 0.3 is 12.1 Å². The van der Waals surface area contributed by atoms with E-state index in [1.807, 2.05) is 0 Å². The van der Waals surface area contributed by atoms with Gasteiger partial charge in [-0.3, -0.25) is 4.79 Å². The first-order valence-corrected chi connectivity index (χ1v) is 8.82. The molecule has 0 saturated carbocycles. The molecule has 1 saturated heterocycles. The summed E-state index contributed by atoms with van der Waals surface area (Å²) in [5.41, 5.74) is -1.08. The molecule has 0 spiro atoms. The Morgan fingerprint density at radius 3 is 2.50 bits per heavy atom. The molecular formula is C15H18F3NO4S. The number of hydrogen-bond acceptors (Lipinski definition) is 3. The summed E-state index contributed by atoms with van der Waals surface area (Å²) < 4.78 is 65.5. The van der Waals surface area contributed by atoms with Gasteiger partial charge in [-0.05, 0) is 44.4 Å². The van der Waals surface area contributed by atoms with Gasteiger partial charge in [-0.1, -0.05) is 6.07 Å². The molecular weight excluding hydrogens is 347 g/mol. The highest BCUT2D eigenvalue weighted by molar-refractivity contribution is 7.89. The van der Waals surface area contributed by atoms with E-state index in [9.17, 15) is 31.5 Å². The Hall–Kier alpha value is -1.61. The lowest BCUT2D eigenvalue weighted by atomic mass is 9.92. The van der Waals surface area contributed by atoms with Gasteiger partial charge in [0.25, 0.3) is 0 Å². The van der Waals surface area contributed by atoms with Crippen LogP contribution >= 0.6 is 0 Å². The van der Waals surface area contributed by atoms with E-state index in [0.29, 0.717) is 18.9 Å². The first-order chi connectivity index (χ1) is 11.0. The molecule has 1 aromatic rings. The highest BCUT2D eigenvalue weighted by Crippen LogP contribution is 2.35. The minimum absolute atomic E-state index is 0.0726. The Morgan fingerprint density at radius 2 is 1.96 bits per heavy atom. The van der Waals surface area contributed by atoms with Crippen LogP contribution in [0.4, 0.5) is 13.2 Å². The van der Waals surface area contributed by atoms with Crippen molar-refractivity contribution < 1.29 is 31.5 Å². The van der Waals surface area contributed by atoms with Crippen LogP contribution in [0, 0.1) is 12.8 Å². The van der Waals surface area contributed by atoms with Gasteiger partial charge < -0.3 is 5.11 Å². The van der Waals surface area contributed by atoms with E-state index in [2.05, 4.69) is 0 Å². The normalized spacial score (nSPS) is 23.2. The largest absolute Gasteiger partial charge is 0.481 e. The zero-order valence-corrected chi connectivity index (χ0v) is 14.0. The molecule has 2 rings (SSSR count). The van der Waals surface area contributed by atoms with E-state index in [4.69, 9.17) is 0 Å². The van der Waals surface area contributed by atoms with E-state index in [1.165, 1.54) is 13.8 Å². The van der Waals surface area contributed by atoms with Crippen LogP contribution in [0.1, 0.15) is 30.9 Å². The Bertz CT molecular complexity index is 746. The maximum Gasteiger partial charge on any atom is 0.416 e. The summed E-state index contributed by atoms with van der Waals surface area (Å²) in [6, 6.07) is 2.02. The average Bonchev–Trinajstić information content (AvgIpc) is 2.45. The lowest BCUT2D eigenvalue weighted by Gasteiger charge is -2.36. The topological polar surface area (TPSA) is 74.7 Å². The quantitative estimate of drug-likeness (QED) is 0.894. The standard InChI is InChI=1S/C15H18F3NO4S/c1-9-5-6-11(8-13(9)15(16,17)18)24(22,23)19-7-3-4-12(10(19)2)14(20)21/h5-6,8,10,12H,3-4,7H2,1-2H3,(H,20,21)/t10-,12-/m1/s1. The van der Waals surface area contributed by atoms with Gasteiger partial charge in [-0.25, -0.2) is 8.42 Å². The number of nitrogens with zero attached hydrogens (tertiary/aromatic N) is 1. The number of aryl methyl sites for hydroxylation is 1. The molecule has 134 valence electrons. The molecule has 0 radical (unpaired) electrons. The predicted octanol–water partition coefficient (Wildman–Crippen LogP) is 2.89. The fourth-order valence-corrected chi connectivity index (χ4v) is 4.72. The minimum atomic E-state index is -4.66. The number of aliphatic carboxylic acids is 1. The second-order valence-electron chi connectivity index (χ2n) is 5.92. The summed E-state index contributed by atoms with van der Waals surface area (Å²) in [6.07, 6.45) is -3.98. The van der Waals surface area contributed by atoms with Gasteiger partial charge in [0.1, 0.15) is 0 Å². The van der Waals surface area contributed by atoms with Gasteiger partial charge in [0.05, 0.1) is 16.4 Å². The zero-order valence-electron chi connectivity index (χ0n) is 13.2. The third-order valence-electron chi connectivity index (χ3n) is 4.37. The van der Waals surface area contributed by atoms with Gasteiger partial charge in [0.2, 0.25) is 10.0 Å². The van der Waals surface area contributed by atoms with Crippen LogP contribution in [0.2, 0.25) is 0 Å². The van der Waals surface area contributed by atoms with Crippen LogP contribution in [0.3, 0.4) is 0 Å². The average molecular weight is 365 g/mol. The van der Waals surface area contributed by atoms with E-state index in [1.54, 1.807) is 0 Å². The number of carbonyl (C=O) groups is 1. The number of carboxylic acids is 1. The Balaban J connectivity index is 2.46. The fraction of sp³-hybridized carbons (Fsp3) is 0.533. The van der Waals surface area contributed by atoms with Crippen molar-refractivity contribution in [3.05, 3.63) is 29.3 Å². The monoisotopic (exact) mass is 365 g/mol. The number of benzene rings is 1. The molecule has 0 bridgehead atoms. The third kappa shape index (κ3) is 3.41. The van der Waals surface area contributed by atoms with Crippen LogP contribution in [0.15, 0.2) is 23.1 Å². The smallest absolute Gasteiger partial charge is 0.416 e. The molecule has 5 nitrogen and oxygen atoms in total. The first kappa shape index (κ1) is 18.7. The molecule has 1 aromatic carbocycles. The second-order valence-corrected chi connectivity index (χ2v) is 7.81. The maximum atomic E-state index is 13.0. The molecule has 9 heteroatoms. The molecule has 1 aliphatic rings. The van der Waals surface area contributed by atoms with Crippen LogP contribution in [-0.4, -0.2) is 36.4 Å². The molecule has 2 atom stereocenters. The molecule has 1 aliphatic heterocycles. The van der Waals surface area contributed by atoms with Crippen molar-refractivity contribution in [1.29, 1.82) is 0 Å². The molecule has 1 fully saturated rings. The van der Waals surface area contributed by atoms with Crippen molar-refractivity contribution in [3.63, 3.8) is 0 Å². The van der Waals surface area contributed by atoms with Gasteiger partial charge in [0, 0.05) is 12.6 Å². The van der Waals surface area contributed by atoms with E-state index in [-0.39, 0.29) is 12.1 Å². The second kappa shape index (κ2) is 6.36. The fourth-order valence-electron chi connectivity index (χ4n) is 2.98. The third-order valence-corrected chi connectivity index (χ3v) is 6.35. The van der Waals surface area contributed by atoms with Gasteiger partial charge in [0.15, 0.2) is 0 Å². The number of piperidine rings is 1. The summed E-state index contributed by atoms with van der Waals surface area (Å²) in [4.78, 5) is 10.8. The van der Waals surface area contributed by atoms with E-state index < -0.39 is 44.6 Å². The lowest BCUT2D eigenvalue weighted by Crippen LogP contribution is -2.49. The lowest BCUT2D eigenvalue weighted by molar-refractivity contribution is -0.144. The number of rotatable bonds is 3. The molecule has 24 heavy (non-hydrogen) atoms. The number of carboxylic acid groups (broad SMARTS) is 1. The maximum absolute atomic E-state index is 13.0. The van der Waals surface area contributed by atoms with Crippen LogP contribution in [0.5, 0.6) is 0 Å².